The van der Waals surface area contributed by atoms with Crippen molar-refractivity contribution >= 4 is 11.8 Å². The first-order chi connectivity index (χ1) is 25.5. The summed E-state index contributed by atoms with van der Waals surface area (Å²) >= 11 is 0. The molecule has 53 heavy (non-hydrogen) atoms. The number of aliphatic hydroxyl groups is 1. The van der Waals surface area contributed by atoms with E-state index in [0.717, 1.165) is 65.3 Å². The first kappa shape index (κ1) is 41.3. The summed E-state index contributed by atoms with van der Waals surface area (Å²) < 4.78 is 14.1. The Hall–Kier alpha value is -4.45. The number of unbranched alkanes of at least 4 members (excludes halogenated alkanes) is 10. The fourth-order valence-electron chi connectivity index (χ4n) is 7.56. The van der Waals surface area contributed by atoms with Crippen LogP contribution in [-0.2, 0) is 6.54 Å². The summed E-state index contributed by atoms with van der Waals surface area (Å²) in [6, 6.07) is 14.3. The van der Waals surface area contributed by atoms with Gasteiger partial charge in [0.2, 0.25) is 0 Å². The van der Waals surface area contributed by atoms with Crippen LogP contribution in [0, 0.1) is 12.7 Å². The van der Waals surface area contributed by atoms with Crippen LogP contribution in [0.25, 0.3) is 6.08 Å². The normalized spacial score (nSPS) is 17.8. The third kappa shape index (κ3) is 11.8. The Bertz CT molecular complexity index is 1650. The number of anilines is 1. The van der Waals surface area contributed by atoms with Gasteiger partial charge in [0.25, 0.3) is 0 Å². The van der Waals surface area contributed by atoms with Crippen LogP contribution in [0.5, 0.6) is 0 Å². The summed E-state index contributed by atoms with van der Waals surface area (Å²) in [6.07, 6.45) is 22.4. The standard InChI is InChI=1S/C24H28FN3O.C23H37N/c1-14-6-8-19(22(25)10-14)11-26-17(4)21-13-27-12-20-9-7-15(2)28(20)18(5)23(27)24(29)16(21)3;1-4-6-7-8-9-10-11-12-13-14-15-16-21(3)24-23-19-17-22(5-2)18-20-23/h6,8,10,13,15,20,26,29H,3-5,7,9,11-12H2,1-2H3;5,17-20,24H,2-4,6-16H2,1H3. The molecule has 3 N–H and O–H groups in total. The highest BCUT2D eigenvalue weighted by Crippen LogP contribution is 2.42. The molecule has 2 unspecified atom stereocenters. The minimum absolute atomic E-state index is 0.134. The van der Waals surface area contributed by atoms with E-state index in [1.807, 2.05) is 25.3 Å². The number of aliphatic hydroxyl groups excluding tert-OH is 1. The number of rotatable bonds is 19. The lowest BCUT2D eigenvalue weighted by Crippen LogP contribution is -2.48. The second-order valence-corrected chi connectivity index (χ2v) is 15.1. The molecule has 0 saturated carbocycles. The second-order valence-electron chi connectivity index (χ2n) is 15.1. The Kier molecular flexibility index (Phi) is 16.1. The Labute approximate surface area is 320 Å². The van der Waals surface area contributed by atoms with Crippen LogP contribution in [-0.4, -0.2) is 33.5 Å². The van der Waals surface area contributed by atoms with Crippen LogP contribution in [0.2, 0.25) is 0 Å². The molecule has 3 heterocycles. The van der Waals surface area contributed by atoms with E-state index in [-0.39, 0.29) is 11.6 Å². The number of hydrogen-bond acceptors (Lipinski definition) is 5. The van der Waals surface area contributed by atoms with Crippen LogP contribution in [0.15, 0.2) is 121 Å². The molecule has 0 aliphatic carbocycles. The van der Waals surface area contributed by atoms with Crippen LogP contribution in [0.3, 0.4) is 0 Å². The minimum Gasteiger partial charge on any atom is -0.505 e. The molecular formula is C47H65FN4O. The van der Waals surface area contributed by atoms with E-state index in [1.54, 1.807) is 6.07 Å². The average Bonchev–Trinajstić information content (AvgIpc) is 3.52. The Balaban J connectivity index is 0.000000242. The predicted molar refractivity (Wildman–Crippen MR) is 225 cm³/mol. The maximum Gasteiger partial charge on any atom is 0.148 e. The van der Waals surface area contributed by atoms with Crippen molar-refractivity contribution in [2.75, 3.05) is 11.9 Å². The van der Waals surface area contributed by atoms with Gasteiger partial charge in [-0.3, -0.25) is 0 Å². The molecule has 3 aliphatic rings. The van der Waals surface area contributed by atoms with Crippen molar-refractivity contribution in [3.05, 3.63) is 144 Å². The maximum absolute atomic E-state index is 14.1. The van der Waals surface area contributed by atoms with Gasteiger partial charge in [0.05, 0.1) is 5.70 Å². The molecule has 0 spiro atoms. The number of nitrogens with zero attached hydrogens (tertiary/aromatic N) is 2. The predicted octanol–water partition coefficient (Wildman–Crippen LogP) is 12.6. The molecule has 0 aromatic heterocycles. The molecule has 2 saturated heterocycles. The summed E-state index contributed by atoms with van der Waals surface area (Å²) in [5.74, 6) is -0.107. The van der Waals surface area contributed by atoms with E-state index < -0.39 is 0 Å². The highest BCUT2D eigenvalue weighted by atomic mass is 19.1. The van der Waals surface area contributed by atoms with E-state index in [0.29, 0.717) is 35.5 Å². The molecule has 0 radical (unpaired) electrons. The van der Waals surface area contributed by atoms with Crippen molar-refractivity contribution in [1.82, 2.24) is 15.1 Å². The third-order valence-corrected chi connectivity index (χ3v) is 10.8. The van der Waals surface area contributed by atoms with Crippen molar-refractivity contribution in [2.24, 2.45) is 0 Å². The molecular weight excluding hydrogens is 656 g/mol. The molecule has 3 aliphatic heterocycles. The van der Waals surface area contributed by atoms with Gasteiger partial charge in [-0.15, -0.1) is 0 Å². The Morgan fingerprint density at radius 1 is 0.925 bits per heavy atom. The van der Waals surface area contributed by atoms with E-state index in [2.05, 4.69) is 91.4 Å². The van der Waals surface area contributed by atoms with Gasteiger partial charge in [-0.25, -0.2) is 4.39 Å². The zero-order valence-corrected chi connectivity index (χ0v) is 32.9. The van der Waals surface area contributed by atoms with E-state index in [1.165, 1.54) is 76.7 Å². The monoisotopic (exact) mass is 721 g/mol. The lowest BCUT2D eigenvalue weighted by molar-refractivity contribution is 0.179. The Morgan fingerprint density at radius 3 is 2.19 bits per heavy atom. The second kappa shape index (κ2) is 20.7. The number of hydrogen-bond donors (Lipinski definition) is 3. The lowest BCUT2D eigenvalue weighted by atomic mass is 9.95. The summed E-state index contributed by atoms with van der Waals surface area (Å²) in [6.45, 7) is 27.8. The van der Waals surface area contributed by atoms with Crippen LogP contribution in [0.1, 0.15) is 120 Å². The molecule has 6 heteroatoms. The molecule has 2 fully saturated rings. The first-order valence-corrected chi connectivity index (χ1v) is 20.0. The van der Waals surface area contributed by atoms with Crippen molar-refractivity contribution in [1.29, 1.82) is 0 Å². The van der Waals surface area contributed by atoms with Crippen LogP contribution < -0.4 is 10.6 Å². The molecule has 5 nitrogen and oxygen atoms in total. The summed E-state index contributed by atoms with van der Waals surface area (Å²) in [7, 11) is 0. The van der Waals surface area contributed by atoms with Crippen molar-refractivity contribution in [2.45, 2.75) is 129 Å². The van der Waals surface area contributed by atoms with Gasteiger partial charge in [-0.05, 0) is 68.9 Å². The van der Waals surface area contributed by atoms with Crippen LogP contribution >= 0.6 is 0 Å². The summed E-state index contributed by atoms with van der Waals surface area (Å²) in [4.78, 5) is 4.38. The summed E-state index contributed by atoms with van der Waals surface area (Å²) in [5.41, 5.74) is 8.26. The van der Waals surface area contributed by atoms with Crippen molar-refractivity contribution in [3.8, 4) is 0 Å². The van der Waals surface area contributed by atoms with E-state index >= 15 is 0 Å². The maximum atomic E-state index is 14.1. The fourth-order valence-corrected chi connectivity index (χ4v) is 7.56. The summed E-state index contributed by atoms with van der Waals surface area (Å²) in [5, 5.41) is 17.5. The smallest absolute Gasteiger partial charge is 0.148 e. The molecule has 2 atom stereocenters. The highest BCUT2D eigenvalue weighted by Gasteiger charge is 2.41. The number of aryl methyl sites for hydroxylation is 1. The SMILES string of the molecule is C=C(NCc1ccc(C)cc1F)C1=CN2CC3CCC(C)N3C(=C)C2=C(O)C1=C.C=Cc1ccc(NC(=C)CCCCCCCCCCCCC)cc1. The number of benzene rings is 2. The van der Waals surface area contributed by atoms with Gasteiger partial charge < -0.3 is 25.5 Å². The van der Waals surface area contributed by atoms with Crippen molar-refractivity contribution in [3.63, 3.8) is 0 Å². The van der Waals surface area contributed by atoms with Crippen LogP contribution in [0.4, 0.5) is 10.1 Å². The van der Waals surface area contributed by atoms with Gasteiger partial charge in [0, 0.05) is 65.2 Å². The quantitative estimate of drug-likeness (QED) is 0.126. The largest absolute Gasteiger partial charge is 0.505 e. The van der Waals surface area contributed by atoms with Gasteiger partial charge >= 0.3 is 0 Å². The molecule has 5 rings (SSSR count). The first-order valence-electron chi connectivity index (χ1n) is 20.0. The molecule has 286 valence electrons. The number of halogens is 1. The molecule has 2 aromatic carbocycles. The van der Waals surface area contributed by atoms with Crippen molar-refractivity contribution < 1.29 is 9.50 Å². The molecule has 2 aromatic rings. The van der Waals surface area contributed by atoms with E-state index in [9.17, 15) is 9.50 Å². The molecule has 0 amide bonds. The number of nitrogens with one attached hydrogen (secondary N) is 2. The zero-order valence-electron chi connectivity index (χ0n) is 32.9. The van der Waals surface area contributed by atoms with Gasteiger partial charge in [-0.2, -0.15) is 0 Å². The topological polar surface area (TPSA) is 50.8 Å². The zero-order chi connectivity index (χ0) is 38.3. The van der Waals surface area contributed by atoms with Gasteiger partial charge in [0.1, 0.15) is 17.3 Å². The average molecular weight is 721 g/mol. The van der Waals surface area contributed by atoms with E-state index in [4.69, 9.17) is 0 Å². The number of fused-ring (bicyclic) bond motifs is 2. The van der Waals surface area contributed by atoms with Gasteiger partial charge in [0.15, 0.2) is 0 Å². The lowest BCUT2D eigenvalue weighted by Gasteiger charge is -2.45. The van der Waals surface area contributed by atoms with Gasteiger partial charge in [-0.1, -0.05) is 134 Å². The fraction of sp³-hybridized carbons (Fsp3) is 0.447. The number of allylic oxidation sites excluding steroid dienone is 3. The number of piperazine rings is 1. The molecule has 0 bridgehead atoms. The highest BCUT2D eigenvalue weighted by molar-refractivity contribution is 5.58. The third-order valence-electron chi connectivity index (χ3n) is 10.8. The minimum atomic E-state index is -0.241. The Morgan fingerprint density at radius 2 is 1.57 bits per heavy atom.